The molecule has 0 aromatic carbocycles. The van der Waals surface area contributed by atoms with Crippen molar-refractivity contribution in [3.05, 3.63) is 35.9 Å². The summed E-state index contributed by atoms with van der Waals surface area (Å²) in [5.41, 5.74) is -0.151. The zero-order valence-corrected chi connectivity index (χ0v) is 13.5. The largest absolute Gasteiger partial charge is 0.469 e. The first kappa shape index (κ1) is 16.3. The number of carbonyl (C=O) groups excluding carboxylic acids is 1. The van der Waals surface area contributed by atoms with Crippen molar-refractivity contribution >= 4 is 5.91 Å². The fourth-order valence-electron chi connectivity index (χ4n) is 2.01. The van der Waals surface area contributed by atoms with Crippen LogP contribution in [0.2, 0.25) is 0 Å². The molecule has 120 valence electrons. The molecule has 6 nitrogen and oxygen atoms in total. The molecule has 2 aromatic heterocycles. The molecule has 1 N–H and O–H groups in total. The highest BCUT2D eigenvalue weighted by atomic mass is 16.5. The molecule has 0 fully saturated rings. The molecule has 0 saturated heterocycles. The molecule has 0 spiro atoms. The van der Waals surface area contributed by atoms with Gasteiger partial charge in [-0.15, -0.1) is 0 Å². The van der Waals surface area contributed by atoms with Gasteiger partial charge < -0.3 is 14.3 Å². The number of aromatic nitrogens is 2. The van der Waals surface area contributed by atoms with Crippen LogP contribution in [0.25, 0.3) is 0 Å². The van der Waals surface area contributed by atoms with Crippen LogP contribution in [0.4, 0.5) is 0 Å². The van der Waals surface area contributed by atoms with Crippen LogP contribution in [-0.2, 0) is 23.1 Å². The highest BCUT2D eigenvalue weighted by molar-refractivity contribution is 5.76. The number of hydrogen-bond donors (Lipinski definition) is 1. The summed E-state index contributed by atoms with van der Waals surface area (Å²) in [6.45, 7) is 8.00. The molecule has 6 heteroatoms. The Balaban J connectivity index is 1.76. The molecule has 22 heavy (non-hydrogen) atoms. The predicted molar refractivity (Wildman–Crippen MR) is 81.3 cm³/mol. The molecule has 1 atom stereocenters. The van der Waals surface area contributed by atoms with Gasteiger partial charge in [0.15, 0.2) is 5.82 Å². The minimum Gasteiger partial charge on any atom is -0.469 e. The molecule has 0 bridgehead atoms. The summed E-state index contributed by atoms with van der Waals surface area (Å²) < 4.78 is 10.4. The third kappa shape index (κ3) is 4.72. The molecule has 2 heterocycles. The normalized spacial score (nSPS) is 13.1. The molecule has 2 aromatic rings. The van der Waals surface area contributed by atoms with E-state index in [1.807, 2.05) is 39.8 Å². The van der Waals surface area contributed by atoms with Crippen molar-refractivity contribution in [3.8, 4) is 0 Å². The van der Waals surface area contributed by atoms with Gasteiger partial charge in [-0.3, -0.25) is 4.79 Å². The van der Waals surface area contributed by atoms with E-state index >= 15 is 0 Å². The Kier molecular flexibility index (Phi) is 5.00. The van der Waals surface area contributed by atoms with E-state index in [9.17, 15) is 4.79 Å². The van der Waals surface area contributed by atoms with Crippen molar-refractivity contribution in [3.63, 3.8) is 0 Å². The SMILES string of the molecule is C[C@@H](Cc1ccco1)NC(=O)CCc1nc(C(C)(C)C)no1. The standard InChI is InChI=1S/C16H23N3O3/c1-11(10-12-6-5-9-21-12)17-13(20)7-8-14-18-15(19-22-14)16(2,3)4/h5-6,9,11H,7-8,10H2,1-4H3,(H,17,20)/t11-/m0/s1. The lowest BCUT2D eigenvalue weighted by Crippen LogP contribution is -2.34. The van der Waals surface area contributed by atoms with Gasteiger partial charge in [-0.1, -0.05) is 25.9 Å². The lowest BCUT2D eigenvalue weighted by Gasteiger charge is -2.12. The van der Waals surface area contributed by atoms with E-state index in [1.54, 1.807) is 6.26 Å². The van der Waals surface area contributed by atoms with E-state index in [4.69, 9.17) is 8.94 Å². The van der Waals surface area contributed by atoms with Gasteiger partial charge in [0.25, 0.3) is 0 Å². The van der Waals surface area contributed by atoms with Crippen LogP contribution in [0.5, 0.6) is 0 Å². The number of nitrogens with zero attached hydrogens (tertiary/aromatic N) is 2. The third-order valence-electron chi connectivity index (χ3n) is 3.20. The van der Waals surface area contributed by atoms with Gasteiger partial charge in [-0.05, 0) is 19.1 Å². The zero-order valence-electron chi connectivity index (χ0n) is 13.5. The molecule has 0 aliphatic rings. The first-order chi connectivity index (χ1) is 10.3. The third-order valence-corrected chi connectivity index (χ3v) is 3.20. The van der Waals surface area contributed by atoms with Crippen LogP contribution >= 0.6 is 0 Å². The number of aryl methyl sites for hydroxylation is 1. The summed E-state index contributed by atoms with van der Waals surface area (Å²) in [5, 5.41) is 6.88. The fraction of sp³-hybridized carbons (Fsp3) is 0.562. The van der Waals surface area contributed by atoms with E-state index < -0.39 is 0 Å². The topological polar surface area (TPSA) is 81.2 Å². The summed E-state index contributed by atoms with van der Waals surface area (Å²) in [7, 11) is 0. The maximum absolute atomic E-state index is 11.9. The van der Waals surface area contributed by atoms with Crippen LogP contribution in [-0.4, -0.2) is 22.1 Å². The summed E-state index contributed by atoms with van der Waals surface area (Å²) in [6.07, 6.45) is 3.08. The van der Waals surface area contributed by atoms with Crippen molar-refractivity contribution in [1.82, 2.24) is 15.5 Å². The summed E-state index contributed by atoms with van der Waals surface area (Å²) in [6, 6.07) is 3.76. The van der Waals surface area contributed by atoms with Gasteiger partial charge in [-0.2, -0.15) is 4.98 Å². The highest BCUT2D eigenvalue weighted by Gasteiger charge is 2.21. The maximum Gasteiger partial charge on any atom is 0.227 e. The second kappa shape index (κ2) is 6.77. The number of furan rings is 1. The Hall–Kier alpha value is -2.11. The maximum atomic E-state index is 11.9. The summed E-state index contributed by atoms with van der Waals surface area (Å²) >= 11 is 0. The van der Waals surface area contributed by atoms with Crippen LogP contribution in [0.1, 0.15) is 51.6 Å². The molecule has 0 radical (unpaired) electrons. The zero-order chi connectivity index (χ0) is 16.2. The Bertz CT molecular complexity index is 596. The van der Waals surface area contributed by atoms with Crippen LogP contribution in [0, 0.1) is 0 Å². The molecular formula is C16H23N3O3. The average Bonchev–Trinajstić information content (AvgIpc) is 3.05. The molecule has 1 amide bonds. The highest BCUT2D eigenvalue weighted by Crippen LogP contribution is 2.18. The Morgan fingerprint density at radius 1 is 1.41 bits per heavy atom. The van der Waals surface area contributed by atoms with Crippen molar-refractivity contribution in [2.45, 2.75) is 58.4 Å². The second-order valence-electron chi connectivity index (χ2n) is 6.51. The predicted octanol–water partition coefficient (Wildman–Crippen LogP) is 2.64. The van der Waals surface area contributed by atoms with E-state index in [2.05, 4.69) is 15.5 Å². The smallest absolute Gasteiger partial charge is 0.227 e. The Labute approximate surface area is 130 Å². The number of nitrogens with one attached hydrogen (secondary N) is 1. The van der Waals surface area contributed by atoms with E-state index in [0.717, 1.165) is 5.76 Å². The van der Waals surface area contributed by atoms with Gasteiger partial charge in [-0.25, -0.2) is 0 Å². The number of hydrogen-bond acceptors (Lipinski definition) is 5. The fourth-order valence-corrected chi connectivity index (χ4v) is 2.01. The quantitative estimate of drug-likeness (QED) is 0.887. The van der Waals surface area contributed by atoms with E-state index in [-0.39, 0.29) is 17.4 Å². The first-order valence-corrected chi connectivity index (χ1v) is 7.49. The molecule has 0 saturated carbocycles. The van der Waals surface area contributed by atoms with Gasteiger partial charge in [0.05, 0.1) is 6.26 Å². The van der Waals surface area contributed by atoms with Gasteiger partial charge in [0, 0.05) is 30.7 Å². The van der Waals surface area contributed by atoms with Gasteiger partial charge in [0.1, 0.15) is 5.76 Å². The van der Waals surface area contributed by atoms with Crippen LogP contribution in [0.3, 0.4) is 0 Å². The van der Waals surface area contributed by atoms with Crippen molar-refractivity contribution in [2.75, 3.05) is 0 Å². The molecule has 0 aliphatic carbocycles. The van der Waals surface area contributed by atoms with Gasteiger partial charge in [0.2, 0.25) is 11.8 Å². The van der Waals surface area contributed by atoms with Gasteiger partial charge >= 0.3 is 0 Å². The number of carbonyl (C=O) groups is 1. The van der Waals surface area contributed by atoms with Crippen molar-refractivity contribution < 1.29 is 13.7 Å². The Morgan fingerprint density at radius 3 is 2.77 bits per heavy atom. The first-order valence-electron chi connectivity index (χ1n) is 7.49. The monoisotopic (exact) mass is 305 g/mol. The van der Waals surface area contributed by atoms with Crippen LogP contribution in [0.15, 0.2) is 27.3 Å². The molecule has 2 rings (SSSR count). The second-order valence-corrected chi connectivity index (χ2v) is 6.51. The minimum absolute atomic E-state index is 0.0199. The van der Waals surface area contributed by atoms with Crippen LogP contribution < -0.4 is 5.32 Å². The average molecular weight is 305 g/mol. The van der Waals surface area contributed by atoms with Crippen molar-refractivity contribution in [2.24, 2.45) is 0 Å². The molecule has 0 aliphatic heterocycles. The van der Waals surface area contributed by atoms with Crippen molar-refractivity contribution in [1.29, 1.82) is 0 Å². The lowest BCUT2D eigenvalue weighted by atomic mass is 9.96. The van der Waals surface area contributed by atoms with E-state index in [0.29, 0.717) is 31.0 Å². The molecule has 0 unspecified atom stereocenters. The van der Waals surface area contributed by atoms with E-state index in [1.165, 1.54) is 0 Å². The number of amides is 1. The number of rotatable bonds is 6. The minimum atomic E-state index is -0.151. The summed E-state index contributed by atoms with van der Waals surface area (Å²) in [5.74, 6) is 1.99. The Morgan fingerprint density at radius 2 is 2.18 bits per heavy atom. The lowest BCUT2D eigenvalue weighted by molar-refractivity contribution is -0.121. The summed E-state index contributed by atoms with van der Waals surface area (Å²) in [4.78, 5) is 16.2. The molecular weight excluding hydrogens is 282 g/mol.